The minimum absolute atomic E-state index is 0.216. The van der Waals surface area contributed by atoms with E-state index in [1.807, 2.05) is 0 Å². The third-order valence-electron chi connectivity index (χ3n) is 3.52. The van der Waals surface area contributed by atoms with Gasteiger partial charge in [-0.1, -0.05) is 0 Å². The highest BCUT2D eigenvalue weighted by molar-refractivity contribution is 7.66. The summed E-state index contributed by atoms with van der Waals surface area (Å²) in [5.74, 6) is 0.216. The highest BCUT2D eigenvalue weighted by atomic mass is 31.3. The largest absolute Gasteiger partial charge is 0.490 e. The second kappa shape index (κ2) is 9.22. The van der Waals surface area contributed by atoms with Crippen molar-refractivity contribution in [2.24, 2.45) is 0 Å². The second-order valence-corrected chi connectivity index (χ2v) is 10.1. The predicted octanol–water partition coefficient (Wildman–Crippen LogP) is -1.75. The van der Waals surface area contributed by atoms with Gasteiger partial charge in [-0.2, -0.15) is 13.6 Å². The first-order valence-corrected chi connectivity index (χ1v) is 12.2. The third-order valence-corrected chi connectivity index (χ3v) is 7.32. The number of phosphoric acid groups is 3. The maximum atomic E-state index is 12.0. The highest BCUT2D eigenvalue weighted by Gasteiger charge is 2.46. The van der Waals surface area contributed by atoms with E-state index in [-0.39, 0.29) is 5.82 Å². The standard InChI is InChI=1S/C10H18N3O14P3/c1-11-6-2-3-13(10(16)12-6)9-8(15)7(14)5(25-9)4-24-29(20,21)27-30(22,23)26-28(17,18)19/h2-3,5,7-9,14-15H,4H2,1H3,(H,20,21)(H,22,23)(H,11,12,16)(H2,17,18,19)/t5-,7?,8?,9-/m1/s1. The van der Waals surface area contributed by atoms with Crippen molar-refractivity contribution in [2.75, 3.05) is 19.0 Å². The Labute approximate surface area is 167 Å². The number of nitrogens with zero attached hydrogens (tertiary/aromatic N) is 2. The summed E-state index contributed by atoms with van der Waals surface area (Å²) in [5, 5.41) is 22.7. The van der Waals surface area contributed by atoms with Crippen LogP contribution in [0.4, 0.5) is 5.82 Å². The Bertz CT molecular complexity index is 963. The summed E-state index contributed by atoms with van der Waals surface area (Å²) in [7, 11) is -15.2. The maximum Gasteiger partial charge on any atom is 0.490 e. The molecule has 0 aromatic carbocycles. The van der Waals surface area contributed by atoms with E-state index in [0.29, 0.717) is 0 Å². The molecule has 30 heavy (non-hydrogen) atoms. The first-order valence-electron chi connectivity index (χ1n) is 7.71. The molecule has 6 atom stereocenters. The van der Waals surface area contributed by atoms with Crippen molar-refractivity contribution in [3.63, 3.8) is 0 Å². The molecule has 0 radical (unpaired) electrons. The van der Waals surface area contributed by atoms with Crippen molar-refractivity contribution >= 4 is 29.3 Å². The molecule has 0 saturated carbocycles. The van der Waals surface area contributed by atoms with Gasteiger partial charge in [0.1, 0.15) is 24.1 Å². The van der Waals surface area contributed by atoms with Gasteiger partial charge in [-0.3, -0.25) is 9.09 Å². The van der Waals surface area contributed by atoms with E-state index in [1.165, 1.54) is 19.3 Å². The number of ether oxygens (including phenoxy) is 1. The van der Waals surface area contributed by atoms with Crippen LogP contribution in [0.5, 0.6) is 0 Å². The zero-order chi connectivity index (χ0) is 22.9. The van der Waals surface area contributed by atoms with E-state index in [4.69, 9.17) is 19.4 Å². The van der Waals surface area contributed by atoms with Gasteiger partial charge in [0, 0.05) is 13.2 Å². The number of aromatic nitrogens is 2. The summed E-state index contributed by atoms with van der Waals surface area (Å²) >= 11 is 0. The Morgan fingerprint density at radius 1 is 1.13 bits per heavy atom. The van der Waals surface area contributed by atoms with Gasteiger partial charge in [-0.25, -0.2) is 18.5 Å². The van der Waals surface area contributed by atoms with Crippen molar-refractivity contribution in [1.82, 2.24) is 9.55 Å². The number of hydrogen-bond donors (Lipinski definition) is 7. The summed E-state index contributed by atoms with van der Waals surface area (Å²) in [4.78, 5) is 51.0. The van der Waals surface area contributed by atoms with Gasteiger partial charge in [0.15, 0.2) is 6.23 Å². The maximum absolute atomic E-state index is 12.0. The normalized spacial score (nSPS) is 28.6. The molecule has 20 heteroatoms. The van der Waals surface area contributed by atoms with Crippen LogP contribution in [0.2, 0.25) is 0 Å². The number of nitrogens with one attached hydrogen (secondary N) is 1. The van der Waals surface area contributed by atoms with Gasteiger partial charge in [-0.05, 0) is 6.07 Å². The predicted molar refractivity (Wildman–Crippen MR) is 93.8 cm³/mol. The summed E-state index contributed by atoms with van der Waals surface area (Å²) in [5.41, 5.74) is -0.855. The quantitative estimate of drug-likeness (QED) is 0.187. The number of aliphatic hydroxyl groups excluding tert-OH is 2. The second-order valence-electron chi connectivity index (χ2n) is 5.69. The molecular formula is C10H18N3O14P3. The van der Waals surface area contributed by atoms with Gasteiger partial charge in [-0.15, -0.1) is 0 Å². The average molecular weight is 497 g/mol. The molecule has 0 amide bonds. The minimum Gasteiger partial charge on any atom is -0.387 e. The van der Waals surface area contributed by atoms with Crippen LogP contribution in [0.25, 0.3) is 0 Å². The molecule has 1 aromatic heterocycles. The van der Waals surface area contributed by atoms with Crippen molar-refractivity contribution < 1.29 is 61.4 Å². The zero-order valence-electron chi connectivity index (χ0n) is 14.9. The van der Waals surface area contributed by atoms with Crippen LogP contribution in [-0.4, -0.2) is 71.3 Å². The van der Waals surface area contributed by atoms with Crippen LogP contribution in [0.1, 0.15) is 6.23 Å². The lowest BCUT2D eigenvalue weighted by Crippen LogP contribution is -2.36. The van der Waals surface area contributed by atoms with Crippen LogP contribution < -0.4 is 11.0 Å². The lowest BCUT2D eigenvalue weighted by Gasteiger charge is -2.19. The number of phosphoric ester groups is 1. The van der Waals surface area contributed by atoms with Crippen LogP contribution in [0, 0.1) is 0 Å². The summed E-state index contributed by atoms with van der Waals surface area (Å²) in [6.45, 7) is -1.00. The van der Waals surface area contributed by atoms with Crippen molar-refractivity contribution in [2.45, 2.75) is 24.5 Å². The topological polar surface area (TPSA) is 256 Å². The average Bonchev–Trinajstić information content (AvgIpc) is 2.85. The van der Waals surface area contributed by atoms with E-state index in [1.54, 1.807) is 0 Å². The third kappa shape index (κ3) is 6.73. The Hall–Kier alpha value is -1.03. The molecule has 1 saturated heterocycles. The SMILES string of the molecule is CNc1ccn([C@@H]2O[C@H](COP(=O)(O)OP(=O)(O)OP(=O)(O)O)C(O)C2O)c(=O)n1. The molecule has 1 aliphatic heterocycles. The molecule has 0 bridgehead atoms. The molecule has 0 aliphatic carbocycles. The Morgan fingerprint density at radius 2 is 1.77 bits per heavy atom. The van der Waals surface area contributed by atoms with Crippen molar-refractivity contribution in [3.8, 4) is 0 Å². The van der Waals surface area contributed by atoms with Crippen LogP contribution in [-0.2, 0) is 31.6 Å². The molecule has 1 aliphatic rings. The Balaban J connectivity index is 2.06. The van der Waals surface area contributed by atoms with Gasteiger partial charge in [0.05, 0.1) is 6.61 Å². The molecule has 1 fully saturated rings. The fraction of sp³-hybridized carbons (Fsp3) is 0.600. The minimum atomic E-state index is -5.71. The van der Waals surface area contributed by atoms with Crippen molar-refractivity contribution in [1.29, 1.82) is 0 Å². The first-order chi connectivity index (χ1) is 13.6. The Morgan fingerprint density at radius 3 is 2.30 bits per heavy atom. The van der Waals surface area contributed by atoms with Crippen molar-refractivity contribution in [3.05, 3.63) is 22.7 Å². The fourth-order valence-corrected chi connectivity index (χ4v) is 5.34. The van der Waals surface area contributed by atoms with Gasteiger partial charge in [0.2, 0.25) is 0 Å². The monoisotopic (exact) mass is 497 g/mol. The molecule has 2 heterocycles. The van der Waals surface area contributed by atoms with E-state index in [2.05, 4.69) is 23.4 Å². The van der Waals surface area contributed by atoms with Crippen LogP contribution in [0.15, 0.2) is 17.1 Å². The number of anilines is 1. The molecular weight excluding hydrogens is 479 g/mol. The smallest absolute Gasteiger partial charge is 0.387 e. The first kappa shape index (κ1) is 25.2. The van der Waals surface area contributed by atoms with E-state index < -0.39 is 60.3 Å². The Kier molecular flexibility index (Phi) is 7.76. The molecule has 17 nitrogen and oxygen atoms in total. The summed E-state index contributed by atoms with van der Waals surface area (Å²) < 4.78 is 51.0. The molecule has 0 spiro atoms. The fourth-order valence-electron chi connectivity index (χ4n) is 2.31. The number of rotatable bonds is 9. The zero-order valence-corrected chi connectivity index (χ0v) is 17.5. The lowest BCUT2D eigenvalue weighted by molar-refractivity contribution is -0.0541. The molecule has 1 aromatic rings. The van der Waals surface area contributed by atoms with E-state index in [0.717, 1.165) is 4.57 Å². The molecule has 2 rings (SSSR count). The highest BCUT2D eigenvalue weighted by Crippen LogP contribution is 2.66. The van der Waals surface area contributed by atoms with Gasteiger partial charge in [0.25, 0.3) is 0 Å². The number of hydrogen-bond acceptors (Lipinski definition) is 12. The van der Waals surface area contributed by atoms with E-state index in [9.17, 15) is 33.6 Å². The summed E-state index contributed by atoms with van der Waals surface area (Å²) in [6.07, 6.45) is -5.21. The lowest BCUT2D eigenvalue weighted by atomic mass is 10.1. The molecule has 7 N–H and O–H groups in total. The van der Waals surface area contributed by atoms with Gasteiger partial charge < -0.3 is 39.8 Å². The van der Waals surface area contributed by atoms with E-state index >= 15 is 0 Å². The molecule has 172 valence electrons. The van der Waals surface area contributed by atoms with Crippen LogP contribution in [0.3, 0.4) is 0 Å². The van der Waals surface area contributed by atoms with Gasteiger partial charge >= 0.3 is 29.2 Å². The molecule has 4 unspecified atom stereocenters. The summed E-state index contributed by atoms with van der Waals surface area (Å²) in [6, 6.07) is 1.36. The van der Waals surface area contributed by atoms with Crippen LogP contribution >= 0.6 is 23.5 Å². The number of aliphatic hydroxyl groups is 2.